The largest absolute Gasteiger partial charge is 0.495 e. The maximum absolute atomic E-state index is 12.8. The predicted molar refractivity (Wildman–Crippen MR) is 106 cm³/mol. The van der Waals surface area contributed by atoms with Gasteiger partial charge in [0.05, 0.1) is 33.9 Å². The number of hydrogen-bond donors (Lipinski definition) is 1. The zero-order valence-electron chi connectivity index (χ0n) is 16.0. The SMILES string of the molecule is CCS(=O)(=O)c1ccccc1C(=O)Nc1cc(S(=O)(=O)N(C)C)ccc1OC. The van der Waals surface area contributed by atoms with Crippen molar-refractivity contribution < 1.29 is 26.4 Å². The van der Waals surface area contributed by atoms with Gasteiger partial charge in [0.2, 0.25) is 10.0 Å². The van der Waals surface area contributed by atoms with E-state index in [-0.39, 0.29) is 32.5 Å². The zero-order chi connectivity index (χ0) is 21.1. The Bertz CT molecular complexity index is 1090. The number of amides is 1. The summed E-state index contributed by atoms with van der Waals surface area (Å²) in [5.74, 6) is -0.607. The number of sulfone groups is 1. The Kier molecular flexibility index (Phi) is 6.48. The Morgan fingerprint density at radius 3 is 2.29 bits per heavy atom. The average molecular weight is 427 g/mol. The Labute approximate surface area is 165 Å². The van der Waals surface area contributed by atoms with Crippen LogP contribution in [0, 0.1) is 0 Å². The fraction of sp³-hybridized carbons (Fsp3) is 0.278. The van der Waals surface area contributed by atoms with Crippen molar-refractivity contribution in [3.63, 3.8) is 0 Å². The highest BCUT2D eigenvalue weighted by molar-refractivity contribution is 7.91. The van der Waals surface area contributed by atoms with Crippen LogP contribution in [0.25, 0.3) is 0 Å². The molecule has 0 saturated heterocycles. The first-order valence-corrected chi connectivity index (χ1v) is 11.4. The van der Waals surface area contributed by atoms with Crippen LogP contribution in [0.2, 0.25) is 0 Å². The molecule has 28 heavy (non-hydrogen) atoms. The molecule has 2 aromatic carbocycles. The highest BCUT2D eigenvalue weighted by Crippen LogP contribution is 2.29. The monoisotopic (exact) mass is 426 g/mol. The van der Waals surface area contributed by atoms with E-state index in [9.17, 15) is 21.6 Å². The Morgan fingerprint density at radius 2 is 1.71 bits per heavy atom. The van der Waals surface area contributed by atoms with Crippen molar-refractivity contribution in [1.82, 2.24) is 4.31 Å². The predicted octanol–water partition coefficient (Wildman–Crippen LogP) is 1.99. The molecule has 0 aliphatic carbocycles. The number of nitrogens with zero attached hydrogens (tertiary/aromatic N) is 1. The van der Waals surface area contributed by atoms with Crippen LogP contribution in [0.5, 0.6) is 5.75 Å². The van der Waals surface area contributed by atoms with Gasteiger partial charge in [0.15, 0.2) is 9.84 Å². The number of nitrogens with one attached hydrogen (secondary N) is 1. The molecule has 0 aliphatic rings. The quantitative estimate of drug-likeness (QED) is 0.725. The number of benzene rings is 2. The van der Waals surface area contributed by atoms with Crippen molar-refractivity contribution in [2.24, 2.45) is 0 Å². The summed E-state index contributed by atoms with van der Waals surface area (Å²) in [5.41, 5.74) is 0.0754. The molecule has 0 saturated carbocycles. The van der Waals surface area contributed by atoms with Gasteiger partial charge in [0.1, 0.15) is 5.75 Å². The number of carbonyl (C=O) groups excluding carboxylic acids is 1. The number of sulfonamides is 1. The molecular formula is C18H22N2O6S2. The highest BCUT2D eigenvalue weighted by Gasteiger charge is 2.23. The molecule has 1 amide bonds. The molecule has 0 bridgehead atoms. The van der Waals surface area contributed by atoms with E-state index in [0.29, 0.717) is 0 Å². The molecule has 0 heterocycles. The molecule has 0 aromatic heterocycles. The van der Waals surface area contributed by atoms with Gasteiger partial charge in [-0.2, -0.15) is 0 Å². The topological polar surface area (TPSA) is 110 Å². The summed E-state index contributed by atoms with van der Waals surface area (Å²) < 4.78 is 55.5. The molecule has 0 spiro atoms. The fourth-order valence-corrected chi connectivity index (χ4v) is 4.45. The number of rotatable bonds is 7. The molecule has 0 unspecified atom stereocenters. The van der Waals surface area contributed by atoms with Gasteiger partial charge in [-0.25, -0.2) is 21.1 Å². The average Bonchev–Trinajstić information content (AvgIpc) is 2.67. The maximum atomic E-state index is 12.8. The van der Waals surface area contributed by atoms with Crippen LogP contribution in [0.4, 0.5) is 5.69 Å². The minimum atomic E-state index is -3.73. The van der Waals surface area contributed by atoms with E-state index in [2.05, 4.69) is 5.32 Å². The molecular weight excluding hydrogens is 404 g/mol. The molecule has 0 aliphatic heterocycles. The normalized spacial score (nSPS) is 12.0. The minimum Gasteiger partial charge on any atom is -0.495 e. The molecule has 2 rings (SSSR count). The second-order valence-electron chi connectivity index (χ2n) is 6.00. The Hall–Kier alpha value is -2.43. The third-order valence-electron chi connectivity index (χ3n) is 4.04. The second kappa shape index (κ2) is 8.29. The Balaban J connectivity index is 2.51. The number of anilines is 1. The van der Waals surface area contributed by atoms with Crippen LogP contribution in [0.15, 0.2) is 52.3 Å². The molecule has 10 heteroatoms. The van der Waals surface area contributed by atoms with Gasteiger partial charge in [0, 0.05) is 14.1 Å². The molecule has 0 fully saturated rings. The standard InChI is InChI=1S/C18H22N2O6S2/c1-5-27(22,23)17-9-7-6-8-14(17)18(21)19-15-12-13(10-11-16(15)26-4)28(24,25)20(2)3/h6-12H,5H2,1-4H3,(H,19,21). The van der Waals surface area contributed by atoms with Crippen LogP contribution in [0.1, 0.15) is 17.3 Å². The number of hydrogen-bond acceptors (Lipinski definition) is 6. The van der Waals surface area contributed by atoms with Gasteiger partial charge in [-0.1, -0.05) is 19.1 Å². The summed E-state index contributed by atoms with van der Waals surface area (Å²) >= 11 is 0. The van der Waals surface area contributed by atoms with Crippen molar-refractivity contribution in [2.45, 2.75) is 16.7 Å². The molecule has 0 radical (unpaired) electrons. The lowest BCUT2D eigenvalue weighted by atomic mass is 10.2. The molecule has 2 aromatic rings. The fourth-order valence-electron chi connectivity index (χ4n) is 2.43. The first kappa shape index (κ1) is 21.9. The van der Waals surface area contributed by atoms with Crippen LogP contribution >= 0.6 is 0 Å². The lowest BCUT2D eigenvalue weighted by molar-refractivity contribution is 0.102. The van der Waals surface area contributed by atoms with Gasteiger partial charge in [-0.3, -0.25) is 4.79 Å². The lowest BCUT2D eigenvalue weighted by Gasteiger charge is -2.16. The van der Waals surface area contributed by atoms with E-state index >= 15 is 0 Å². The molecule has 8 nitrogen and oxygen atoms in total. The molecule has 152 valence electrons. The smallest absolute Gasteiger partial charge is 0.257 e. The van der Waals surface area contributed by atoms with E-state index in [1.165, 1.54) is 64.5 Å². The first-order valence-electron chi connectivity index (χ1n) is 8.28. The first-order chi connectivity index (χ1) is 13.0. The number of carbonyl (C=O) groups is 1. The van der Waals surface area contributed by atoms with Crippen molar-refractivity contribution in [1.29, 1.82) is 0 Å². The highest BCUT2D eigenvalue weighted by atomic mass is 32.2. The van der Waals surface area contributed by atoms with Crippen molar-refractivity contribution in [3.05, 3.63) is 48.0 Å². The van der Waals surface area contributed by atoms with Gasteiger partial charge in [-0.15, -0.1) is 0 Å². The van der Waals surface area contributed by atoms with Gasteiger partial charge in [-0.05, 0) is 30.3 Å². The summed E-state index contributed by atoms with van der Waals surface area (Å²) in [4.78, 5) is 12.6. The summed E-state index contributed by atoms with van der Waals surface area (Å²) in [6, 6.07) is 9.88. The van der Waals surface area contributed by atoms with Gasteiger partial charge >= 0.3 is 0 Å². The van der Waals surface area contributed by atoms with Crippen LogP contribution < -0.4 is 10.1 Å². The van der Waals surface area contributed by atoms with E-state index < -0.39 is 25.8 Å². The van der Waals surface area contributed by atoms with Gasteiger partial charge in [0.25, 0.3) is 5.91 Å². The van der Waals surface area contributed by atoms with Crippen LogP contribution in [-0.2, 0) is 19.9 Å². The summed E-state index contributed by atoms with van der Waals surface area (Å²) in [7, 11) is -3.19. The van der Waals surface area contributed by atoms with Crippen LogP contribution in [0.3, 0.4) is 0 Å². The van der Waals surface area contributed by atoms with Crippen molar-refractivity contribution in [3.8, 4) is 5.75 Å². The number of ether oxygens (including phenoxy) is 1. The third kappa shape index (κ3) is 4.34. The number of methoxy groups -OCH3 is 1. The van der Waals surface area contributed by atoms with Crippen molar-refractivity contribution >= 4 is 31.5 Å². The Morgan fingerprint density at radius 1 is 1.07 bits per heavy atom. The maximum Gasteiger partial charge on any atom is 0.257 e. The van der Waals surface area contributed by atoms with E-state index in [4.69, 9.17) is 4.74 Å². The van der Waals surface area contributed by atoms with E-state index in [1.807, 2.05) is 0 Å². The van der Waals surface area contributed by atoms with E-state index in [0.717, 1.165) is 4.31 Å². The summed E-state index contributed by atoms with van der Waals surface area (Å²) in [6.07, 6.45) is 0. The third-order valence-corrected chi connectivity index (χ3v) is 7.64. The van der Waals surface area contributed by atoms with Crippen molar-refractivity contribution in [2.75, 3.05) is 32.3 Å². The summed E-state index contributed by atoms with van der Waals surface area (Å²) in [5, 5.41) is 2.55. The molecule has 1 N–H and O–H groups in total. The van der Waals surface area contributed by atoms with Gasteiger partial charge < -0.3 is 10.1 Å². The summed E-state index contributed by atoms with van der Waals surface area (Å²) in [6.45, 7) is 1.49. The molecule has 0 atom stereocenters. The van der Waals surface area contributed by atoms with E-state index in [1.54, 1.807) is 6.07 Å². The zero-order valence-corrected chi connectivity index (χ0v) is 17.6. The second-order valence-corrected chi connectivity index (χ2v) is 10.4. The minimum absolute atomic E-state index is 0.0349. The van der Waals surface area contributed by atoms with Crippen LogP contribution in [-0.4, -0.2) is 54.0 Å². The lowest BCUT2D eigenvalue weighted by Crippen LogP contribution is -2.22.